The average molecular weight is 154 g/mol. The fourth-order valence-electron chi connectivity index (χ4n) is 2.35. The van der Waals surface area contributed by atoms with Crippen LogP contribution in [0.3, 0.4) is 0 Å². The van der Waals surface area contributed by atoms with E-state index in [1.54, 1.807) is 0 Å². The Morgan fingerprint density at radius 1 is 1.45 bits per heavy atom. The Bertz CT molecular complexity index is 221. The number of carbonyl (C=O) groups is 2. The highest BCUT2D eigenvalue weighted by Gasteiger charge is 2.49. The fourth-order valence-corrected chi connectivity index (χ4v) is 2.35. The molecule has 0 spiro atoms. The van der Waals surface area contributed by atoms with Crippen LogP contribution in [-0.4, -0.2) is 16.9 Å². The van der Waals surface area contributed by atoms with Gasteiger partial charge in [-0.15, -0.1) is 0 Å². The number of Topliss-reactive ketones (excluding diaryl/α,β-unsaturated/α-hetero) is 1. The molecule has 1 N–H and O–H groups in total. The van der Waals surface area contributed by atoms with Crippen molar-refractivity contribution in [3.05, 3.63) is 0 Å². The first-order chi connectivity index (χ1) is 5.20. The van der Waals surface area contributed by atoms with Gasteiger partial charge in [0.05, 0.1) is 5.92 Å². The number of fused-ring (bicyclic) bond motifs is 2. The Hall–Kier alpha value is -0.860. The SMILES string of the molecule is O=C(O)[C@H]1C[C@H]2CC[C@@H]1C2=O. The predicted molar refractivity (Wildman–Crippen MR) is 37.0 cm³/mol. The van der Waals surface area contributed by atoms with E-state index in [4.69, 9.17) is 5.11 Å². The Kier molecular flexibility index (Phi) is 1.28. The third kappa shape index (κ3) is 0.800. The zero-order valence-electron chi connectivity index (χ0n) is 6.12. The Balaban J connectivity index is 2.21. The Morgan fingerprint density at radius 3 is 2.45 bits per heavy atom. The van der Waals surface area contributed by atoms with E-state index in [1.807, 2.05) is 0 Å². The van der Waals surface area contributed by atoms with Crippen molar-refractivity contribution in [3.8, 4) is 0 Å². The number of hydrogen-bond donors (Lipinski definition) is 1. The number of carboxylic acids is 1. The number of ketones is 1. The van der Waals surface area contributed by atoms with Gasteiger partial charge in [0.25, 0.3) is 0 Å². The molecule has 0 aromatic carbocycles. The average Bonchev–Trinajstić information content (AvgIpc) is 2.46. The molecule has 0 amide bonds. The van der Waals surface area contributed by atoms with Crippen LogP contribution in [0, 0.1) is 17.8 Å². The third-order valence-corrected chi connectivity index (χ3v) is 2.94. The lowest BCUT2D eigenvalue weighted by Crippen LogP contribution is -2.21. The predicted octanol–water partition coefficient (Wildman–Crippen LogP) is 0.686. The summed E-state index contributed by atoms with van der Waals surface area (Å²) in [6.45, 7) is 0. The summed E-state index contributed by atoms with van der Waals surface area (Å²) in [7, 11) is 0. The molecule has 2 fully saturated rings. The van der Waals surface area contributed by atoms with Gasteiger partial charge < -0.3 is 5.11 Å². The van der Waals surface area contributed by atoms with Crippen molar-refractivity contribution in [1.29, 1.82) is 0 Å². The zero-order chi connectivity index (χ0) is 8.01. The van der Waals surface area contributed by atoms with Crippen LogP contribution in [0.25, 0.3) is 0 Å². The minimum Gasteiger partial charge on any atom is -0.481 e. The first-order valence-corrected chi connectivity index (χ1v) is 3.96. The van der Waals surface area contributed by atoms with Gasteiger partial charge in [0.15, 0.2) is 0 Å². The molecule has 11 heavy (non-hydrogen) atoms. The molecule has 2 bridgehead atoms. The van der Waals surface area contributed by atoms with Crippen LogP contribution in [0.4, 0.5) is 0 Å². The molecule has 0 aliphatic heterocycles. The maximum absolute atomic E-state index is 11.2. The first-order valence-electron chi connectivity index (χ1n) is 3.96. The molecule has 2 aliphatic rings. The quantitative estimate of drug-likeness (QED) is 0.604. The van der Waals surface area contributed by atoms with Crippen molar-refractivity contribution in [2.45, 2.75) is 19.3 Å². The van der Waals surface area contributed by atoms with Gasteiger partial charge in [0.1, 0.15) is 5.78 Å². The second-order valence-electron chi connectivity index (χ2n) is 3.46. The molecule has 3 nitrogen and oxygen atoms in total. The van der Waals surface area contributed by atoms with E-state index in [-0.39, 0.29) is 23.5 Å². The molecule has 2 saturated carbocycles. The molecule has 0 aromatic rings. The standard InChI is InChI=1S/C8H10O3/c9-7-4-1-2-5(7)6(3-4)8(10)11/h4-6H,1-3H2,(H,10,11)/t4-,5+,6+/m1/s1. The zero-order valence-corrected chi connectivity index (χ0v) is 6.12. The van der Waals surface area contributed by atoms with Gasteiger partial charge >= 0.3 is 5.97 Å². The summed E-state index contributed by atoms with van der Waals surface area (Å²) >= 11 is 0. The molecule has 0 saturated heterocycles. The van der Waals surface area contributed by atoms with Crippen LogP contribution >= 0.6 is 0 Å². The maximum atomic E-state index is 11.2. The van der Waals surface area contributed by atoms with E-state index < -0.39 is 5.97 Å². The molecule has 0 radical (unpaired) electrons. The third-order valence-electron chi connectivity index (χ3n) is 2.94. The van der Waals surface area contributed by atoms with Crippen molar-refractivity contribution in [3.63, 3.8) is 0 Å². The highest BCUT2D eigenvalue weighted by molar-refractivity contribution is 5.93. The van der Waals surface area contributed by atoms with Crippen molar-refractivity contribution in [1.82, 2.24) is 0 Å². The largest absolute Gasteiger partial charge is 0.481 e. The van der Waals surface area contributed by atoms with E-state index in [9.17, 15) is 9.59 Å². The summed E-state index contributed by atoms with van der Waals surface area (Å²) in [5, 5.41) is 8.70. The molecular formula is C8H10O3. The van der Waals surface area contributed by atoms with Gasteiger partial charge in [0, 0.05) is 11.8 Å². The summed E-state index contributed by atoms with van der Waals surface area (Å²) in [5.74, 6) is -0.997. The minimum absolute atomic E-state index is 0.0844. The van der Waals surface area contributed by atoms with Crippen molar-refractivity contribution >= 4 is 11.8 Å². The molecule has 2 aliphatic carbocycles. The smallest absolute Gasteiger partial charge is 0.307 e. The minimum atomic E-state index is -0.787. The summed E-state index contributed by atoms with van der Waals surface area (Å²) in [6.07, 6.45) is 2.33. The lowest BCUT2D eigenvalue weighted by atomic mass is 9.89. The van der Waals surface area contributed by atoms with Gasteiger partial charge in [0.2, 0.25) is 0 Å². The van der Waals surface area contributed by atoms with E-state index >= 15 is 0 Å². The monoisotopic (exact) mass is 154 g/mol. The number of hydrogen-bond acceptors (Lipinski definition) is 2. The van der Waals surface area contributed by atoms with Crippen LogP contribution in [0.1, 0.15) is 19.3 Å². The van der Waals surface area contributed by atoms with E-state index in [0.29, 0.717) is 6.42 Å². The normalized spacial score (nSPS) is 41.5. The second kappa shape index (κ2) is 2.06. The van der Waals surface area contributed by atoms with Gasteiger partial charge in [-0.2, -0.15) is 0 Å². The molecule has 0 heterocycles. The molecule has 2 rings (SSSR count). The summed E-state index contributed by atoms with van der Waals surface area (Å²) in [4.78, 5) is 21.8. The number of aliphatic carboxylic acids is 1. The van der Waals surface area contributed by atoms with Crippen molar-refractivity contribution in [2.75, 3.05) is 0 Å². The van der Waals surface area contributed by atoms with Crippen LogP contribution in [0.15, 0.2) is 0 Å². The number of rotatable bonds is 1. The topological polar surface area (TPSA) is 54.4 Å². The summed E-state index contributed by atoms with van der Waals surface area (Å²) < 4.78 is 0. The highest BCUT2D eigenvalue weighted by Crippen LogP contribution is 2.45. The van der Waals surface area contributed by atoms with Gasteiger partial charge in [-0.1, -0.05) is 0 Å². The lowest BCUT2D eigenvalue weighted by Gasteiger charge is -2.14. The van der Waals surface area contributed by atoms with E-state index in [0.717, 1.165) is 12.8 Å². The van der Waals surface area contributed by atoms with Crippen LogP contribution in [0.2, 0.25) is 0 Å². The highest BCUT2D eigenvalue weighted by atomic mass is 16.4. The first kappa shape index (κ1) is 6.83. The fraction of sp³-hybridized carbons (Fsp3) is 0.750. The van der Waals surface area contributed by atoms with Crippen LogP contribution < -0.4 is 0 Å². The van der Waals surface area contributed by atoms with Crippen LogP contribution in [-0.2, 0) is 9.59 Å². The molecule has 3 atom stereocenters. The summed E-state index contributed by atoms with van der Waals surface area (Å²) in [6, 6.07) is 0. The van der Waals surface area contributed by atoms with Crippen molar-refractivity contribution in [2.24, 2.45) is 17.8 Å². The molecule has 60 valence electrons. The molecule has 3 heteroatoms. The second-order valence-corrected chi connectivity index (χ2v) is 3.46. The van der Waals surface area contributed by atoms with Gasteiger partial charge in [-0.3, -0.25) is 9.59 Å². The van der Waals surface area contributed by atoms with E-state index in [1.165, 1.54) is 0 Å². The van der Waals surface area contributed by atoms with Crippen molar-refractivity contribution < 1.29 is 14.7 Å². The lowest BCUT2D eigenvalue weighted by molar-refractivity contribution is -0.144. The molecular weight excluding hydrogens is 144 g/mol. The molecule has 0 aromatic heterocycles. The molecule has 0 unspecified atom stereocenters. The Morgan fingerprint density at radius 2 is 2.18 bits per heavy atom. The van der Waals surface area contributed by atoms with Crippen LogP contribution in [0.5, 0.6) is 0 Å². The maximum Gasteiger partial charge on any atom is 0.307 e. The number of carbonyl (C=O) groups excluding carboxylic acids is 1. The Labute approximate surface area is 64.4 Å². The summed E-state index contributed by atoms with van der Waals surface area (Å²) in [5.41, 5.74) is 0. The number of carboxylic acid groups (broad SMARTS) is 1. The van der Waals surface area contributed by atoms with E-state index in [2.05, 4.69) is 0 Å². The van der Waals surface area contributed by atoms with Gasteiger partial charge in [-0.05, 0) is 19.3 Å². The van der Waals surface area contributed by atoms with Gasteiger partial charge in [-0.25, -0.2) is 0 Å².